The van der Waals surface area contributed by atoms with Gasteiger partial charge in [0.2, 0.25) is 5.91 Å². The molecule has 2 aliphatic heterocycles. The van der Waals surface area contributed by atoms with Gasteiger partial charge in [-0.1, -0.05) is 29.3 Å². The van der Waals surface area contributed by atoms with E-state index in [0.29, 0.717) is 18.5 Å². The Kier molecular flexibility index (Phi) is 4.39. The van der Waals surface area contributed by atoms with Crippen LogP contribution in [-0.4, -0.2) is 63.5 Å². The van der Waals surface area contributed by atoms with E-state index in [2.05, 4.69) is 0 Å². The SMILES string of the molecule is NC(=O)C1=CCCN([C@@H]2O[C@H](CO)C(O)C2(Cl)Cl)C1. The molecule has 0 aromatic heterocycles. The third kappa shape index (κ3) is 2.74. The van der Waals surface area contributed by atoms with E-state index in [1.165, 1.54) is 0 Å². The molecule has 0 saturated carbocycles. The molecule has 1 amide bonds. The van der Waals surface area contributed by atoms with Gasteiger partial charge in [-0.25, -0.2) is 0 Å². The maximum Gasteiger partial charge on any atom is 0.245 e. The maximum atomic E-state index is 11.2. The monoisotopic (exact) mass is 310 g/mol. The maximum absolute atomic E-state index is 11.2. The minimum atomic E-state index is -1.56. The summed E-state index contributed by atoms with van der Waals surface area (Å²) < 4.78 is 3.93. The van der Waals surface area contributed by atoms with Crippen LogP contribution in [0.3, 0.4) is 0 Å². The Labute approximate surface area is 120 Å². The number of primary amides is 1. The van der Waals surface area contributed by atoms with Gasteiger partial charge in [0.15, 0.2) is 4.33 Å². The number of amides is 1. The van der Waals surface area contributed by atoms with Crippen molar-refractivity contribution in [3.63, 3.8) is 0 Å². The quantitative estimate of drug-likeness (QED) is 0.602. The lowest BCUT2D eigenvalue weighted by molar-refractivity contribution is -0.115. The third-order valence-electron chi connectivity index (χ3n) is 3.39. The van der Waals surface area contributed by atoms with Crippen molar-refractivity contribution < 1.29 is 19.7 Å². The smallest absolute Gasteiger partial charge is 0.245 e. The number of ether oxygens (including phenoxy) is 1. The molecule has 6 nitrogen and oxygen atoms in total. The van der Waals surface area contributed by atoms with Crippen molar-refractivity contribution in [2.45, 2.75) is 29.2 Å². The Morgan fingerprint density at radius 1 is 1.63 bits per heavy atom. The Morgan fingerprint density at radius 2 is 2.32 bits per heavy atom. The molecule has 0 bridgehead atoms. The first-order valence-electron chi connectivity index (χ1n) is 5.93. The van der Waals surface area contributed by atoms with Crippen molar-refractivity contribution in [3.05, 3.63) is 11.6 Å². The molecule has 0 aromatic rings. The fourth-order valence-corrected chi connectivity index (χ4v) is 3.00. The number of alkyl halides is 2. The van der Waals surface area contributed by atoms with Gasteiger partial charge in [0.05, 0.1) is 6.61 Å². The van der Waals surface area contributed by atoms with Crippen molar-refractivity contribution in [3.8, 4) is 0 Å². The van der Waals surface area contributed by atoms with Crippen LogP contribution < -0.4 is 5.73 Å². The van der Waals surface area contributed by atoms with Crippen LogP contribution in [0.25, 0.3) is 0 Å². The van der Waals surface area contributed by atoms with Crippen molar-refractivity contribution in [2.75, 3.05) is 19.7 Å². The van der Waals surface area contributed by atoms with E-state index in [0.717, 1.165) is 0 Å². The highest BCUT2D eigenvalue weighted by molar-refractivity contribution is 6.49. The molecule has 2 rings (SSSR count). The molecular weight excluding hydrogens is 295 g/mol. The number of hydrogen-bond acceptors (Lipinski definition) is 5. The van der Waals surface area contributed by atoms with Crippen LogP contribution in [0.4, 0.5) is 0 Å². The molecule has 3 atom stereocenters. The van der Waals surface area contributed by atoms with Gasteiger partial charge in [-0.05, 0) is 6.42 Å². The number of rotatable bonds is 3. The van der Waals surface area contributed by atoms with Gasteiger partial charge in [-0.15, -0.1) is 0 Å². The van der Waals surface area contributed by atoms with Gasteiger partial charge in [0, 0.05) is 18.7 Å². The molecule has 8 heteroatoms. The van der Waals surface area contributed by atoms with Crippen molar-refractivity contribution in [1.82, 2.24) is 4.90 Å². The summed E-state index contributed by atoms with van der Waals surface area (Å²) in [6.45, 7) is 0.449. The molecule has 0 aliphatic carbocycles. The number of hydrogen-bond donors (Lipinski definition) is 3. The molecule has 0 radical (unpaired) electrons. The summed E-state index contributed by atoms with van der Waals surface area (Å²) in [4.78, 5) is 12.9. The van der Waals surface area contributed by atoms with Crippen LogP contribution in [0.5, 0.6) is 0 Å². The number of nitrogens with zero attached hydrogens (tertiary/aromatic N) is 1. The number of halogens is 2. The first-order valence-corrected chi connectivity index (χ1v) is 6.68. The van der Waals surface area contributed by atoms with Crippen LogP contribution in [-0.2, 0) is 9.53 Å². The van der Waals surface area contributed by atoms with Crippen molar-refractivity contribution >= 4 is 29.1 Å². The zero-order valence-corrected chi connectivity index (χ0v) is 11.6. The van der Waals surface area contributed by atoms with Gasteiger partial charge in [0.1, 0.15) is 18.4 Å². The van der Waals surface area contributed by atoms with Gasteiger partial charge in [-0.2, -0.15) is 0 Å². The summed E-state index contributed by atoms with van der Waals surface area (Å²) in [6.07, 6.45) is -0.470. The Balaban J connectivity index is 2.14. The van der Waals surface area contributed by atoms with Crippen LogP contribution in [0.15, 0.2) is 11.6 Å². The van der Waals surface area contributed by atoms with Crippen molar-refractivity contribution in [1.29, 1.82) is 0 Å². The Hall–Kier alpha value is -0.370. The molecule has 2 heterocycles. The number of carbonyl (C=O) groups excluding carboxylic acids is 1. The fraction of sp³-hybridized carbons (Fsp3) is 0.727. The molecule has 1 fully saturated rings. The zero-order chi connectivity index (χ0) is 14.2. The number of aliphatic hydroxyl groups excluding tert-OH is 2. The first-order chi connectivity index (χ1) is 8.87. The highest BCUT2D eigenvalue weighted by Gasteiger charge is 2.56. The third-order valence-corrected chi connectivity index (χ3v) is 4.21. The lowest BCUT2D eigenvalue weighted by Gasteiger charge is -2.35. The van der Waals surface area contributed by atoms with E-state index in [9.17, 15) is 9.90 Å². The predicted molar refractivity (Wildman–Crippen MR) is 69.7 cm³/mol. The second kappa shape index (κ2) is 5.55. The average molecular weight is 311 g/mol. The van der Waals surface area contributed by atoms with Gasteiger partial charge >= 0.3 is 0 Å². The van der Waals surface area contributed by atoms with Crippen LogP contribution in [0, 0.1) is 0 Å². The molecular formula is C11H16Cl2N2O4. The molecule has 19 heavy (non-hydrogen) atoms. The van der Waals surface area contributed by atoms with E-state index in [1.807, 2.05) is 0 Å². The summed E-state index contributed by atoms with van der Waals surface area (Å²) in [6, 6.07) is 0. The van der Waals surface area contributed by atoms with Gasteiger partial charge in [-0.3, -0.25) is 9.69 Å². The molecule has 2 aliphatic rings. The summed E-state index contributed by atoms with van der Waals surface area (Å²) >= 11 is 12.2. The summed E-state index contributed by atoms with van der Waals surface area (Å²) in [5.41, 5.74) is 5.71. The van der Waals surface area contributed by atoms with Crippen molar-refractivity contribution in [2.24, 2.45) is 5.73 Å². The summed E-state index contributed by atoms with van der Waals surface area (Å²) in [5, 5.41) is 19.0. The number of carbonyl (C=O) groups is 1. The largest absolute Gasteiger partial charge is 0.394 e. The molecule has 0 spiro atoms. The van der Waals surface area contributed by atoms with E-state index < -0.39 is 28.7 Å². The van der Waals surface area contributed by atoms with Crippen LogP contribution in [0.1, 0.15) is 6.42 Å². The molecule has 108 valence electrons. The zero-order valence-electron chi connectivity index (χ0n) is 10.1. The van der Waals surface area contributed by atoms with Gasteiger partial charge < -0.3 is 20.7 Å². The lowest BCUT2D eigenvalue weighted by Crippen LogP contribution is -2.50. The van der Waals surface area contributed by atoms with Crippen LogP contribution >= 0.6 is 23.2 Å². The predicted octanol–water partition coefficient (Wildman–Crippen LogP) is -0.644. The Morgan fingerprint density at radius 3 is 2.84 bits per heavy atom. The second-order valence-electron chi connectivity index (χ2n) is 4.68. The molecule has 0 aromatic carbocycles. The highest BCUT2D eigenvalue weighted by atomic mass is 35.5. The highest BCUT2D eigenvalue weighted by Crippen LogP contribution is 2.42. The normalized spacial score (nSPS) is 35.2. The minimum absolute atomic E-state index is 0.256. The topological polar surface area (TPSA) is 96.0 Å². The average Bonchev–Trinajstić information content (AvgIpc) is 2.61. The molecule has 1 unspecified atom stereocenters. The number of aliphatic hydroxyl groups is 2. The minimum Gasteiger partial charge on any atom is -0.394 e. The van der Waals surface area contributed by atoms with Gasteiger partial charge in [0.25, 0.3) is 0 Å². The standard InChI is InChI=1S/C11H16Cl2N2O4/c12-11(13)8(17)7(5-16)19-10(11)15-3-1-2-6(4-15)9(14)18/h2,7-8,10,16-17H,1,3-5H2,(H2,14,18)/t7-,8?,10-/m1/s1. The van der Waals surface area contributed by atoms with E-state index in [-0.39, 0.29) is 13.2 Å². The molecule has 1 saturated heterocycles. The first kappa shape index (κ1) is 15.0. The summed E-state index contributed by atoms with van der Waals surface area (Å²) in [7, 11) is 0. The van der Waals surface area contributed by atoms with E-state index in [4.69, 9.17) is 38.8 Å². The van der Waals surface area contributed by atoms with E-state index in [1.54, 1.807) is 11.0 Å². The fourth-order valence-electron chi connectivity index (χ4n) is 2.34. The molecule has 4 N–H and O–H groups in total. The van der Waals surface area contributed by atoms with E-state index >= 15 is 0 Å². The lowest BCUT2D eigenvalue weighted by atomic mass is 10.1. The second-order valence-corrected chi connectivity index (χ2v) is 6.13. The van der Waals surface area contributed by atoms with Crippen LogP contribution in [0.2, 0.25) is 0 Å². The Bertz CT molecular complexity index is 402. The number of nitrogens with two attached hydrogens (primary N) is 1. The summed E-state index contributed by atoms with van der Waals surface area (Å²) in [5.74, 6) is -0.503.